The van der Waals surface area contributed by atoms with E-state index in [1.165, 1.54) is 17.3 Å². The molecule has 0 saturated carbocycles. The van der Waals surface area contributed by atoms with Crippen molar-refractivity contribution in [3.8, 4) is 0 Å². The van der Waals surface area contributed by atoms with E-state index in [2.05, 4.69) is 10.1 Å². The van der Waals surface area contributed by atoms with Gasteiger partial charge in [0.1, 0.15) is 12.7 Å². The number of hydrogen-bond acceptors (Lipinski definition) is 4. The average Bonchev–Trinajstić information content (AvgIpc) is 2.35. The van der Waals surface area contributed by atoms with Gasteiger partial charge in [-0.3, -0.25) is 0 Å². The zero-order chi connectivity index (χ0) is 8.27. The van der Waals surface area contributed by atoms with E-state index < -0.39 is 5.97 Å². The number of aromatic nitrogens is 3. The number of carboxylic acid groups (broad SMARTS) is 1. The molecule has 0 amide bonds. The van der Waals surface area contributed by atoms with Gasteiger partial charge in [0.2, 0.25) is 0 Å². The van der Waals surface area contributed by atoms with Crippen molar-refractivity contribution in [3.63, 3.8) is 0 Å². The summed E-state index contributed by atoms with van der Waals surface area (Å²) in [6, 6.07) is -0.192. The number of nitrogens with zero attached hydrogens (tertiary/aromatic N) is 3. The van der Waals surface area contributed by atoms with Crippen LogP contribution >= 0.6 is 0 Å². The molecule has 0 saturated heterocycles. The van der Waals surface area contributed by atoms with E-state index in [-0.39, 0.29) is 12.5 Å². The van der Waals surface area contributed by atoms with Gasteiger partial charge in [0.05, 0.1) is 6.04 Å². The van der Waals surface area contributed by atoms with E-state index in [1.54, 1.807) is 6.92 Å². The van der Waals surface area contributed by atoms with Crippen LogP contribution in [0.5, 0.6) is 0 Å². The molecule has 0 fully saturated rings. The number of rotatable bonds is 3. The van der Waals surface area contributed by atoms with Crippen LogP contribution in [0.3, 0.4) is 0 Å². The number of aliphatic carboxylic acids is 1. The molecule has 11 heavy (non-hydrogen) atoms. The van der Waals surface area contributed by atoms with Crippen molar-refractivity contribution in [2.75, 3.05) is 0 Å². The van der Waals surface area contributed by atoms with Gasteiger partial charge in [0, 0.05) is 12.4 Å². The summed E-state index contributed by atoms with van der Waals surface area (Å²) in [6.45, 7) is 1.74. The van der Waals surface area contributed by atoms with E-state index in [0.717, 1.165) is 0 Å². The first-order chi connectivity index (χ1) is 5.20. The molecule has 1 aromatic rings. The molecule has 5 nitrogen and oxygen atoms in total. The van der Waals surface area contributed by atoms with Gasteiger partial charge in [0.25, 0.3) is 0 Å². The van der Waals surface area contributed by atoms with Crippen molar-refractivity contribution in [1.82, 2.24) is 14.8 Å². The Kier molecular flexibility index (Phi) is 2.20. The van der Waals surface area contributed by atoms with Crippen LogP contribution in [0.15, 0.2) is 12.7 Å². The zero-order valence-corrected chi connectivity index (χ0v) is 6.10. The first kappa shape index (κ1) is 7.71. The molecule has 60 valence electrons. The second kappa shape index (κ2) is 3.14. The van der Waals surface area contributed by atoms with Gasteiger partial charge in [-0.25, -0.2) is 9.67 Å². The minimum Gasteiger partial charge on any atom is -0.550 e. The molecule has 1 heterocycles. The van der Waals surface area contributed by atoms with Crippen LogP contribution in [0.2, 0.25) is 0 Å². The van der Waals surface area contributed by atoms with Gasteiger partial charge in [-0.1, -0.05) is 0 Å². The molecule has 0 N–H and O–H groups in total. The fourth-order valence-corrected chi connectivity index (χ4v) is 0.780. The highest BCUT2D eigenvalue weighted by molar-refractivity contribution is 5.64. The third-order valence-corrected chi connectivity index (χ3v) is 1.35. The molecule has 0 aromatic carbocycles. The molecule has 1 aromatic heterocycles. The second-order valence-electron chi connectivity index (χ2n) is 2.30. The van der Waals surface area contributed by atoms with Gasteiger partial charge >= 0.3 is 0 Å². The second-order valence-corrected chi connectivity index (χ2v) is 2.30. The van der Waals surface area contributed by atoms with Crippen LogP contribution in [0.4, 0.5) is 0 Å². The molecular weight excluding hydrogens is 146 g/mol. The summed E-state index contributed by atoms with van der Waals surface area (Å²) in [5, 5.41) is 13.9. The van der Waals surface area contributed by atoms with Crippen LogP contribution in [-0.2, 0) is 4.79 Å². The van der Waals surface area contributed by atoms with Crippen molar-refractivity contribution < 1.29 is 9.90 Å². The quantitative estimate of drug-likeness (QED) is 0.558. The van der Waals surface area contributed by atoms with Crippen molar-refractivity contribution in [2.45, 2.75) is 19.4 Å². The summed E-state index contributed by atoms with van der Waals surface area (Å²) in [5.41, 5.74) is 0. The van der Waals surface area contributed by atoms with Crippen LogP contribution < -0.4 is 5.11 Å². The summed E-state index contributed by atoms with van der Waals surface area (Å²) in [7, 11) is 0. The Balaban J connectivity index is 2.56. The van der Waals surface area contributed by atoms with Crippen LogP contribution in [-0.4, -0.2) is 20.7 Å². The third kappa shape index (κ3) is 2.03. The Labute approximate surface area is 63.7 Å². The molecule has 5 heteroatoms. The lowest BCUT2D eigenvalue weighted by atomic mass is 10.2. The van der Waals surface area contributed by atoms with Gasteiger partial charge in [-0.05, 0) is 6.92 Å². The lowest BCUT2D eigenvalue weighted by molar-refractivity contribution is -0.306. The topological polar surface area (TPSA) is 70.8 Å². The van der Waals surface area contributed by atoms with Crippen molar-refractivity contribution in [3.05, 3.63) is 12.7 Å². The smallest absolute Gasteiger partial charge is 0.137 e. The highest BCUT2D eigenvalue weighted by Crippen LogP contribution is 2.05. The minimum atomic E-state index is -1.08. The summed E-state index contributed by atoms with van der Waals surface area (Å²) >= 11 is 0. The average molecular weight is 154 g/mol. The largest absolute Gasteiger partial charge is 0.550 e. The summed E-state index contributed by atoms with van der Waals surface area (Å²) in [6.07, 6.45) is 2.81. The highest BCUT2D eigenvalue weighted by Gasteiger charge is 2.03. The Bertz CT molecular complexity index is 232. The molecular formula is C6H8N3O2-. The third-order valence-electron chi connectivity index (χ3n) is 1.35. The lowest BCUT2D eigenvalue weighted by Crippen LogP contribution is -2.25. The highest BCUT2D eigenvalue weighted by atomic mass is 16.4. The number of hydrogen-bond donors (Lipinski definition) is 0. The SMILES string of the molecule is C[C@H](CC(=O)[O-])n1cncn1. The maximum atomic E-state index is 10.1. The minimum absolute atomic E-state index is 0.0383. The van der Waals surface area contributed by atoms with Crippen LogP contribution in [0, 0.1) is 0 Å². The molecule has 1 rings (SSSR count). The monoisotopic (exact) mass is 154 g/mol. The maximum absolute atomic E-state index is 10.1. The van der Waals surface area contributed by atoms with E-state index >= 15 is 0 Å². The number of carboxylic acids is 1. The van der Waals surface area contributed by atoms with E-state index in [0.29, 0.717) is 0 Å². The van der Waals surface area contributed by atoms with Crippen molar-refractivity contribution in [2.24, 2.45) is 0 Å². The molecule has 0 aliphatic carbocycles. The van der Waals surface area contributed by atoms with E-state index in [9.17, 15) is 9.90 Å². The fraction of sp³-hybridized carbons (Fsp3) is 0.500. The van der Waals surface area contributed by atoms with Crippen molar-refractivity contribution in [1.29, 1.82) is 0 Å². The van der Waals surface area contributed by atoms with Gasteiger partial charge in [-0.2, -0.15) is 5.10 Å². The Morgan fingerprint density at radius 2 is 2.55 bits per heavy atom. The van der Waals surface area contributed by atoms with Gasteiger partial charge in [-0.15, -0.1) is 0 Å². The lowest BCUT2D eigenvalue weighted by Gasteiger charge is -2.10. The van der Waals surface area contributed by atoms with Gasteiger partial charge in [0.15, 0.2) is 0 Å². The Morgan fingerprint density at radius 1 is 1.82 bits per heavy atom. The number of carbonyl (C=O) groups is 1. The Hall–Kier alpha value is -1.39. The normalized spacial score (nSPS) is 12.8. The van der Waals surface area contributed by atoms with Gasteiger partial charge < -0.3 is 9.90 Å². The van der Waals surface area contributed by atoms with Crippen molar-refractivity contribution >= 4 is 5.97 Å². The summed E-state index contributed by atoms with van der Waals surface area (Å²) in [5.74, 6) is -1.08. The van der Waals surface area contributed by atoms with Crippen LogP contribution in [0.25, 0.3) is 0 Å². The molecule has 1 atom stereocenters. The summed E-state index contributed by atoms with van der Waals surface area (Å²) < 4.78 is 1.48. The molecule has 0 aliphatic rings. The molecule has 0 radical (unpaired) electrons. The maximum Gasteiger partial charge on any atom is 0.137 e. The molecule has 0 aliphatic heterocycles. The molecule has 0 unspecified atom stereocenters. The van der Waals surface area contributed by atoms with E-state index in [1.807, 2.05) is 0 Å². The number of carbonyl (C=O) groups excluding carboxylic acids is 1. The first-order valence-electron chi connectivity index (χ1n) is 3.24. The van der Waals surface area contributed by atoms with E-state index in [4.69, 9.17) is 0 Å². The molecule has 0 spiro atoms. The predicted molar refractivity (Wildman–Crippen MR) is 34.4 cm³/mol. The van der Waals surface area contributed by atoms with Crippen LogP contribution in [0.1, 0.15) is 19.4 Å². The first-order valence-corrected chi connectivity index (χ1v) is 3.24. The molecule has 0 bridgehead atoms. The summed E-state index contributed by atoms with van der Waals surface area (Å²) in [4.78, 5) is 13.8. The predicted octanol–water partition coefficient (Wildman–Crippen LogP) is -1.02. The fourth-order valence-electron chi connectivity index (χ4n) is 0.780. The zero-order valence-electron chi connectivity index (χ0n) is 6.10. The Morgan fingerprint density at radius 3 is 3.00 bits per heavy atom. The standard InChI is InChI=1S/C6H9N3O2/c1-5(2-6(10)11)9-4-7-3-8-9/h3-5H,2H2,1H3,(H,10,11)/p-1/t5-/m1/s1.